The van der Waals surface area contributed by atoms with Crippen molar-refractivity contribution in [1.82, 2.24) is 0 Å². The number of carbonyl (C=O) groups excluding carboxylic acids is 1. The van der Waals surface area contributed by atoms with Crippen LogP contribution in [0.5, 0.6) is 0 Å². The van der Waals surface area contributed by atoms with E-state index in [9.17, 15) is 4.79 Å². The van der Waals surface area contributed by atoms with Gasteiger partial charge >= 0.3 is 5.97 Å². The predicted molar refractivity (Wildman–Crippen MR) is 68.0 cm³/mol. The van der Waals surface area contributed by atoms with Gasteiger partial charge in [0.1, 0.15) is 0 Å². The van der Waals surface area contributed by atoms with Crippen LogP contribution in [0.4, 0.5) is 0 Å². The molecule has 0 radical (unpaired) electrons. The van der Waals surface area contributed by atoms with Crippen molar-refractivity contribution in [3.05, 3.63) is 48.0 Å². The molecule has 0 spiro atoms. The van der Waals surface area contributed by atoms with Gasteiger partial charge in [0.05, 0.1) is 19.8 Å². The fraction of sp³-hybridized carbons (Fsp3) is 0.357. The molecule has 1 aromatic carbocycles. The Morgan fingerprint density at radius 1 is 1.39 bits per heavy atom. The van der Waals surface area contributed by atoms with Gasteiger partial charge in [0.15, 0.2) is 6.10 Å². The molecule has 1 unspecified atom stereocenters. The molecule has 0 heterocycles. The van der Waals surface area contributed by atoms with E-state index >= 15 is 0 Å². The van der Waals surface area contributed by atoms with E-state index in [2.05, 4.69) is 6.58 Å². The first-order chi connectivity index (χ1) is 8.65. The van der Waals surface area contributed by atoms with Gasteiger partial charge in [0.25, 0.3) is 0 Å². The van der Waals surface area contributed by atoms with E-state index in [1.165, 1.54) is 0 Å². The molecule has 1 rings (SSSR count). The Hall–Kier alpha value is -1.65. The molecular weight excluding hydrogens is 232 g/mol. The number of aliphatic hydroxyl groups excluding tert-OH is 1. The van der Waals surface area contributed by atoms with Crippen LogP contribution in [-0.4, -0.2) is 30.9 Å². The lowest BCUT2D eigenvalue weighted by Gasteiger charge is -2.18. The highest BCUT2D eigenvalue weighted by Crippen LogP contribution is 2.18. The maximum Gasteiger partial charge on any atom is 0.333 e. The zero-order valence-corrected chi connectivity index (χ0v) is 10.5. The Balaban J connectivity index is 2.69. The van der Waals surface area contributed by atoms with Crippen molar-refractivity contribution < 1.29 is 19.4 Å². The molecule has 0 bridgehead atoms. The summed E-state index contributed by atoms with van der Waals surface area (Å²) in [6.07, 6.45) is -0.484. The molecule has 1 atom stereocenters. The minimum Gasteiger partial charge on any atom is -0.452 e. The SMILES string of the molecule is C=C(C)C(=O)OC(COCCO)c1ccccc1. The Morgan fingerprint density at radius 2 is 2.06 bits per heavy atom. The average molecular weight is 250 g/mol. The van der Waals surface area contributed by atoms with Gasteiger partial charge in [-0.05, 0) is 12.5 Å². The number of hydrogen-bond acceptors (Lipinski definition) is 4. The molecule has 4 nitrogen and oxygen atoms in total. The van der Waals surface area contributed by atoms with Crippen molar-refractivity contribution in [2.75, 3.05) is 19.8 Å². The molecule has 98 valence electrons. The molecule has 0 aliphatic rings. The van der Waals surface area contributed by atoms with Gasteiger partial charge in [-0.1, -0.05) is 36.9 Å². The van der Waals surface area contributed by atoms with Crippen LogP contribution in [0.3, 0.4) is 0 Å². The lowest BCUT2D eigenvalue weighted by atomic mass is 10.1. The first-order valence-electron chi connectivity index (χ1n) is 5.75. The predicted octanol–water partition coefficient (Wildman–Crippen LogP) is 1.86. The van der Waals surface area contributed by atoms with Gasteiger partial charge in [-0.2, -0.15) is 0 Å². The molecule has 0 saturated heterocycles. The summed E-state index contributed by atoms with van der Waals surface area (Å²) in [4.78, 5) is 11.5. The van der Waals surface area contributed by atoms with Crippen LogP contribution >= 0.6 is 0 Å². The molecule has 18 heavy (non-hydrogen) atoms. The maximum absolute atomic E-state index is 11.5. The van der Waals surface area contributed by atoms with Crippen molar-refractivity contribution in [3.63, 3.8) is 0 Å². The maximum atomic E-state index is 11.5. The smallest absolute Gasteiger partial charge is 0.333 e. The van der Waals surface area contributed by atoms with E-state index in [1.807, 2.05) is 30.3 Å². The van der Waals surface area contributed by atoms with Crippen LogP contribution in [0.2, 0.25) is 0 Å². The lowest BCUT2D eigenvalue weighted by molar-refractivity contribution is -0.148. The summed E-state index contributed by atoms with van der Waals surface area (Å²) in [6.45, 7) is 5.51. The van der Waals surface area contributed by atoms with E-state index in [0.717, 1.165) is 5.56 Å². The van der Waals surface area contributed by atoms with Gasteiger partial charge in [-0.25, -0.2) is 4.79 Å². The van der Waals surface area contributed by atoms with Gasteiger partial charge in [0.2, 0.25) is 0 Å². The summed E-state index contributed by atoms with van der Waals surface area (Å²) >= 11 is 0. The molecule has 4 heteroatoms. The first kappa shape index (κ1) is 14.4. The van der Waals surface area contributed by atoms with E-state index in [0.29, 0.717) is 5.57 Å². The van der Waals surface area contributed by atoms with Crippen LogP contribution in [0.15, 0.2) is 42.5 Å². The fourth-order valence-corrected chi connectivity index (χ4v) is 1.35. The fourth-order valence-electron chi connectivity index (χ4n) is 1.35. The number of hydrogen-bond donors (Lipinski definition) is 1. The van der Waals surface area contributed by atoms with Crippen molar-refractivity contribution >= 4 is 5.97 Å². The second kappa shape index (κ2) is 7.63. The molecule has 0 aromatic heterocycles. The molecule has 0 amide bonds. The average Bonchev–Trinajstić information content (AvgIpc) is 2.38. The van der Waals surface area contributed by atoms with Crippen LogP contribution < -0.4 is 0 Å². The number of rotatable bonds is 7. The van der Waals surface area contributed by atoms with Gasteiger partial charge in [-0.3, -0.25) is 0 Å². The van der Waals surface area contributed by atoms with Crippen molar-refractivity contribution in [2.24, 2.45) is 0 Å². The lowest BCUT2D eigenvalue weighted by Crippen LogP contribution is -2.17. The third-order valence-electron chi connectivity index (χ3n) is 2.27. The molecule has 1 aromatic rings. The monoisotopic (exact) mass is 250 g/mol. The van der Waals surface area contributed by atoms with Gasteiger partial charge in [-0.15, -0.1) is 0 Å². The third kappa shape index (κ3) is 4.69. The highest BCUT2D eigenvalue weighted by Gasteiger charge is 2.17. The van der Waals surface area contributed by atoms with Crippen molar-refractivity contribution in [2.45, 2.75) is 13.0 Å². The minimum atomic E-state index is -0.484. The van der Waals surface area contributed by atoms with E-state index < -0.39 is 12.1 Å². The van der Waals surface area contributed by atoms with E-state index in [1.54, 1.807) is 6.92 Å². The number of aliphatic hydroxyl groups is 1. The second-order valence-corrected chi connectivity index (χ2v) is 3.88. The highest BCUT2D eigenvalue weighted by atomic mass is 16.6. The number of benzene rings is 1. The Labute approximate surface area is 107 Å². The molecule has 0 aliphatic carbocycles. The third-order valence-corrected chi connectivity index (χ3v) is 2.27. The Morgan fingerprint density at radius 3 is 2.61 bits per heavy atom. The molecule has 0 fully saturated rings. The van der Waals surface area contributed by atoms with Crippen LogP contribution in [-0.2, 0) is 14.3 Å². The summed E-state index contributed by atoms with van der Waals surface area (Å²) < 4.78 is 10.5. The largest absolute Gasteiger partial charge is 0.452 e. The van der Waals surface area contributed by atoms with Crippen molar-refractivity contribution in [3.8, 4) is 0 Å². The van der Waals surface area contributed by atoms with Gasteiger partial charge < -0.3 is 14.6 Å². The second-order valence-electron chi connectivity index (χ2n) is 3.88. The normalized spacial score (nSPS) is 11.9. The Kier molecular flexibility index (Phi) is 6.11. The number of esters is 1. The van der Waals surface area contributed by atoms with E-state index in [4.69, 9.17) is 14.6 Å². The van der Waals surface area contributed by atoms with Crippen LogP contribution in [0.1, 0.15) is 18.6 Å². The summed E-state index contributed by atoms with van der Waals surface area (Å²) in [5.41, 5.74) is 1.20. The zero-order valence-electron chi connectivity index (χ0n) is 10.5. The summed E-state index contributed by atoms with van der Waals surface area (Å²) in [7, 11) is 0. The standard InChI is InChI=1S/C14H18O4/c1-11(2)14(16)18-13(10-17-9-8-15)12-6-4-3-5-7-12/h3-7,13,15H,1,8-10H2,2H3. The first-order valence-corrected chi connectivity index (χ1v) is 5.75. The zero-order chi connectivity index (χ0) is 13.4. The van der Waals surface area contributed by atoms with Gasteiger partial charge in [0, 0.05) is 5.57 Å². The highest BCUT2D eigenvalue weighted by molar-refractivity contribution is 5.87. The van der Waals surface area contributed by atoms with Crippen molar-refractivity contribution in [1.29, 1.82) is 0 Å². The van der Waals surface area contributed by atoms with Crippen LogP contribution in [0, 0.1) is 0 Å². The number of ether oxygens (including phenoxy) is 2. The summed E-state index contributed by atoms with van der Waals surface area (Å²) in [5.74, 6) is -0.448. The van der Waals surface area contributed by atoms with E-state index in [-0.39, 0.29) is 19.8 Å². The summed E-state index contributed by atoms with van der Waals surface area (Å²) in [6, 6.07) is 9.33. The van der Waals surface area contributed by atoms with Crippen LogP contribution in [0.25, 0.3) is 0 Å². The summed E-state index contributed by atoms with van der Waals surface area (Å²) in [5, 5.41) is 8.67. The quantitative estimate of drug-likeness (QED) is 0.456. The Bertz CT molecular complexity index is 386. The molecule has 0 saturated carbocycles. The topological polar surface area (TPSA) is 55.8 Å². The molecule has 0 aliphatic heterocycles. The minimum absolute atomic E-state index is 0.0596. The number of carbonyl (C=O) groups is 1. The molecule has 1 N–H and O–H groups in total. The molecular formula is C14H18O4.